The van der Waals surface area contributed by atoms with E-state index in [2.05, 4.69) is 50.7 Å². The van der Waals surface area contributed by atoms with Crippen molar-refractivity contribution in [3.05, 3.63) is 72.1 Å². The Morgan fingerprint density at radius 2 is 1.86 bits per heavy atom. The van der Waals surface area contributed by atoms with Crippen LogP contribution in [0.1, 0.15) is 16.8 Å². The Morgan fingerprint density at radius 3 is 2.52 bits per heavy atom. The van der Waals surface area contributed by atoms with Crippen LogP contribution in [-0.4, -0.2) is 19.7 Å². The average molecular weight is 279 g/mol. The zero-order valence-electron chi connectivity index (χ0n) is 11.9. The fourth-order valence-electron chi connectivity index (χ4n) is 2.04. The molecule has 3 rings (SSSR count). The first-order valence-corrected chi connectivity index (χ1v) is 6.86. The molecule has 1 N–H and O–H groups in total. The van der Waals surface area contributed by atoms with Gasteiger partial charge < -0.3 is 5.32 Å². The summed E-state index contributed by atoms with van der Waals surface area (Å²) in [6, 6.07) is 12.5. The minimum Gasteiger partial charge on any atom is -0.381 e. The van der Waals surface area contributed by atoms with Gasteiger partial charge in [0.15, 0.2) is 0 Å². The summed E-state index contributed by atoms with van der Waals surface area (Å²) in [6.07, 6.45) is 5.17. The van der Waals surface area contributed by atoms with E-state index in [0.717, 1.165) is 24.5 Å². The highest BCUT2D eigenvalue weighted by Gasteiger charge is 1.98. The molecular weight excluding hydrogens is 262 g/mol. The number of aromatic nitrogens is 4. The molecule has 0 aliphatic rings. The lowest BCUT2D eigenvalue weighted by Crippen LogP contribution is -2.02. The van der Waals surface area contributed by atoms with E-state index in [9.17, 15) is 0 Å². The molecule has 0 saturated carbocycles. The molecule has 0 fully saturated rings. The van der Waals surface area contributed by atoms with Gasteiger partial charge in [0.25, 0.3) is 0 Å². The molecule has 0 aliphatic carbocycles. The van der Waals surface area contributed by atoms with Crippen LogP contribution in [0.5, 0.6) is 0 Å². The second-order valence-corrected chi connectivity index (χ2v) is 4.95. The molecule has 0 amide bonds. The van der Waals surface area contributed by atoms with Crippen LogP contribution in [0, 0.1) is 6.92 Å². The quantitative estimate of drug-likeness (QED) is 0.780. The van der Waals surface area contributed by atoms with Gasteiger partial charge in [-0.25, -0.2) is 9.67 Å². The number of benzene rings is 1. The van der Waals surface area contributed by atoms with Gasteiger partial charge in [0, 0.05) is 24.1 Å². The lowest BCUT2D eigenvalue weighted by molar-refractivity contribution is 0.685. The molecule has 0 atom stereocenters. The van der Waals surface area contributed by atoms with Crippen LogP contribution in [0.4, 0.5) is 5.69 Å². The largest absolute Gasteiger partial charge is 0.381 e. The minimum absolute atomic E-state index is 0.738. The van der Waals surface area contributed by atoms with Crippen molar-refractivity contribution in [3.8, 4) is 0 Å². The molecule has 5 heteroatoms. The second-order valence-electron chi connectivity index (χ2n) is 4.95. The fourth-order valence-corrected chi connectivity index (χ4v) is 2.04. The van der Waals surface area contributed by atoms with Crippen LogP contribution in [0.3, 0.4) is 0 Å². The lowest BCUT2D eigenvalue weighted by Gasteiger charge is -2.08. The Labute approximate surface area is 123 Å². The van der Waals surface area contributed by atoms with E-state index in [1.54, 1.807) is 17.3 Å². The predicted molar refractivity (Wildman–Crippen MR) is 81.9 cm³/mol. The van der Waals surface area contributed by atoms with Gasteiger partial charge in [-0.2, -0.15) is 5.10 Å². The van der Waals surface area contributed by atoms with E-state index < -0.39 is 0 Å². The van der Waals surface area contributed by atoms with Crippen molar-refractivity contribution in [2.24, 2.45) is 0 Å². The first kappa shape index (κ1) is 13.3. The molecule has 106 valence electrons. The fraction of sp³-hybridized carbons (Fsp3) is 0.188. The van der Waals surface area contributed by atoms with Crippen molar-refractivity contribution < 1.29 is 0 Å². The monoisotopic (exact) mass is 279 g/mol. The third-order valence-electron chi connectivity index (χ3n) is 3.23. The maximum atomic E-state index is 4.29. The van der Waals surface area contributed by atoms with Crippen LogP contribution in [0.15, 0.2) is 55.2 Å². The topological polar surface area (TPSA) is 55.6 Å². The Hall–Kier alpha value is -2.69. The molecule has 0 aliphatic heterocycles. The van der Waals surface area contributed by atoms with Crippen molar-refractivity contribution in [2.75, 3.05) is 5.32 Å². The Balaban J connectivity index is 1.58. The molecule has 0 spiro atoms. The summed E-state index contributed by atoms with van der Waals surface area (Å²) in [5, 5.41) is 7.49. The highest BCUT2D eigenvalue weighted by atomic mass is 15.3. The highest BCUT2D eigenvalue weighted by molar-refractivity contribution is 5.45. The number of rotatable bonds is 5. The molecular formula is C16H17N5. The number of anilines is 1. The summed E-state index contributed by atoms with van der Waals surface area (Å²) < 4.78 is 1.81. The molecule has 5 nitrogen and oxygen atoms in total. The SMILES string of the molecule is Cc1ccc(CNc2ccc(Cn3cncn3)cc2)cn1. The Morgan fingerprint density at radius 1 is 1.05 bits per heavy atom. The first-order chi connectivity index (χ1) is 10.3. The maximum Gasteiger partial charge on any atom is 0.137 e. The van der Waals surface area contributed by atoms with E-state index in [-0.39, 0.29) is 0 Å². The van der Waals surface area contributed by atoms with Gasteiger partial charge in [-0.1, -0.05) is 18.2 Å². The second kappa shape index (κ2) is 6.17. The molecule has 3 aromatic rings. The standard InChI is InChI=1S/C16H17N5/c1-13-2-3-15(8-18-13)9-19-16-6-4-14(5-7-16)10-21-12-17-11-20-21/h2-8,11-12,19H,9-10H2,1H3. The Bertz CT molecular complexity index is 672. The smallest absolute Gasteiger partial charge is 0.137 e. The van der Waals surface area contributed by atoms with Crippen LogP contribution in [-0.2, 0) is 13.1 Å². The normalized spacial score (nSPS) is 10.5. The summed E-state index contributed by atoms with van der Waals surface area (Å²) in [4.78, 5) is 8.23. The lowest BCUT2D eigenvalue weighted by atomic mass is 10.2. The van der Waals surface area contributed by atoms with Gasteiger partial charge in [0.05, 0.1) is 6.54 Å². The molecule has 0 bridgehead atoms. The number of nitrogens with one attached hydrogen (secondary N) is 1. The zero-order valence-corrected chi connectivity index (χ0v) is 11.9. The van der Waals surface area contributed by atoms with Crippen LogP contribution in [0.25, 0.3) is 0 Å². The molecule has 0 radical (unpaired) electrons. The van der Waals surface area contributed by atoms with Crippen molar-refractivity contribution in [2.45, 2.75) is 20.0 Å². The molecule has 21 heavy (non-hydrogen) atoms. The maximum absolute atomic E-state index is 4.29. The van der Waals surface area contributed by atoms with Crippen molar-refractivity contribution in [3.63, 3.8) is 0 Å². The minimum atomic E-state index is 0.738. The molecule has 1 aromatic carbocycles. The van der Waals surface area contributed by atoms with E-state index in [0.29, 0.717) is 0 Å². The van der Waals surface area contributed by atoms with Gasteiger partial charge in [-0.15, -0.1) is 0 Å². The van der Waals surface area contributed by atoms with Crippen molar-refractivity contribution in [1.82, 2.24) is 19.7 Å². The van der Waals surface area contributed by atoms with Crippen molar-refractivity contribution >= 4 is 5.69 Å². The summed E-state index contributed by atoms with van der Waals surface area (Å²) in [5.74, 6) is 0. The number of hydrogen-bond acceptors (Lipinski definition) is 4. The number of pyridine rings is 1. The molecule has 0 saturated heterocycles. The van der Waals surface area contributed by atoms with E-state index >= 15 is 0 Å². The van der Waals surface area contributed by atoms with Crippen LogP contribution >= 0.6 is 0 Å². The van der Waals surface area contributed by atoms with E-state index in [1.165, 1.54) is 11.1 Å². The van der Waals surface area contributed by atoms with Crippen LogP contribution < -0.4 is 5.32 Å². The van der Waals surface area contributed by atoms with Crippen LogP contribution in [0.2, 0.25) is 0 Å². The number of nitrogens with zero attached hydrogens (tertiary/aromatic N) is 4. The predicted octanol–water partition coefficient (Wildman–Crippen LogP) is 2.64. The van der Waals surface area contributed by atoms with E-state index in [1.807, 2.05) is 19.2 Å². The summed E-state index contributed by atoms with van der Waals surface area (Å²) in [6.45, 7) is 3.50. The van der Waals surface area contributed by atoms with Gasteiger partial charge in [0.2, 0.25) is 0 Å². The highest BCUT2D eigenvalue weighted by Crippen LogP contribution is 2.12. The summed E-state index contributed by atoms with van der Waals surface area (Å²) in [7, 11) is 0. The molecule has 2 aromatic heterocycles. The third-order valence-corrected chi connectivity index (χ3v) is 3.23. The first-order valence-electron chi connectivity index (χ1n) is 6.86. The average Bonchev–Trinajstić information content (AvgIpc) is 3.01. The van der Waals surface area contributed by atoms with Gasteiger partial charge in [0.1, 0.15) is 12.7 Å². The van der Waals surface area contributed by atoms with Gasteiger partial charge >= 0.3 is 0 Å². The number of hydrogen-bond donors (Lipinski definition) is 1. The molecule has 0 unspecified atom stereocenters. The van der Waals surface area contributed by atoms with Gasteiger partial charge in [-0.05, 0) is 36.2 Å². The third kappa shape index (κ3) is 3.66. The van der Waals surface area contributed by atoms with Crippen molar-refractivity contribution in [1.29, 1.82) is 0 Å². The summed E-state index contributed by atoms with van der Waals surface area (Å²) in [5.41, 5.74) is 4.50. The molecule has 2 heterocycles. The Kier molecular flexibility index (Phi) is 3.91. The van der Waals surface area contributed by atoms with Gasteiger partial charge in [-0.3, -0.25) is 4.98 Å². The van der Waals surface area contributed by atoms with E-state index in [4.69, 9.17) is 0 Å². The zero-order chi connectivity index (χ0) is 14.5. The number of aryl methyl sites for hydroxylation is 1. The summed E-state index contributed by atoms with van der Waals surface area (Å²) >= 11 is 0.